The van der Waals surface area contributed by atoms with E-state index in [-0.39, 0.29) is 11.9 Å². The van der Waals surface area contributed by atoms with E-state index < -0.39 is 0 Å². The summed E-state index contributed by atoms with van der Waals surface area (Å²) in [4.78, 5) is 19.4. The van der Waals surface area contributed by atoms with Crippen molar-refractivity contribution >= 4 is 5.91 Å². The molecule has 0 atom stereocenters. The molecular weight excluding hydrogens is 218 g/mol. The van der Waals surface area contributed by atoms with Crippen LogP contribution in [-0.2, 0) is 0 Å². The standard InChI is InChI=1S/C11H11N5O/c17-11(10-3-1-2-4-12-10)15-7-9(8-15)16-13-5-6-14-16/h1-6,9H,7-8H2. The lowest BCUT2D eigenvalue weighted by molar-refractivity contribution is 0.0470. The van der Waals surface area contributed by atoms with Crippen molar-refractivity contribution in [3.63, 3.8) is 0 Å². The predicted molar refractivity (Wildman–Crippen MR) is 59.2 cm³/mol. The van der Waals surface area contributed by atoms with Gasteiger partial charge in [0.25, 0.3) is 5.91 Å². The Balaban J connectivity index is 1.65. The van der Waals surface area contributed by atoms with E-state index in [0.29, 0.717) is 18.8 Å². The minimum Gasteiger partial charge on any atom is -0.333 e. The zero-order chi connectivity index (χ0) is 11.7. The average Bonchev–Trinajstić information content (AvgIpc) is 2.82. The minimum atomic E-state index is -0.0333. The third-order valence-corrected chi connectivity index (χ3v) is 2.80. The molecule has 1 aliphatic heterocycles. The first-order valence-corrected chi connectivity index (χ1v) is 5.41. The van der Waals surface area contributed by atoms with Crippen molar-refractivity contribution in [2.75, 3.05) is 13.1 Å². The molecule has 17 heavy (non-hydrogen) atoms. The largest absolute Gasteiger partial charge is 0.333 e. The Morgan fingerprint density at radius 1 is 1.18 bits per heavy atom. The van der Waals surface area contributed by atoms with Gasteiger partial charge < -0.3 is 4.90 Å². The van der Waals surface area contributed by atoms with Crippen molar-refractivity contribution in [1.82, 2.24) is 24.9 Å². The average molecular weight is 229 g/mol. The molecule has 0 spiro atoms. The number of carbonyl (C=O) groups is 1. The second-order valence-electron chi connectivity index (χ2n) is 3.93. The number of amides is 1. The van der Waals surface area contributed by atoms with E-state index in [1.165, 1.54) is 0 Å². The molecule has 1 aliphatic rings. The van der Waals surface area contributed by atoms with Gasteiger partial charge in [0.05, 0.1) is 12.4 Å². The fourth-order valence-electron chi connectivity index (χ4n) is 1.83. The maximum absolute atomic E-state index is 12.0. The first kappa shape index (κ1) is 9.95. The molecule has 0 bridgehead atoms. The Bertz CT molecular complexity index is 504. The highest BCUT2D eigenvalue weighted by Gasteiger charge is 2.33. The maximum atomic E-state index is 12.0. The normalized spacial score (nSPS) is 15.6. The molecule has 86 valence electrons. The molecule has 1 saturated heterocycles. The Morgan fingerprint density at radius 3 is 2.59 bits per heavy atom. The maximum Gasteiger partial charge on any atom is 0.272 e. The van der Waals surface area contributed by atoms with Crippen LogP contribution < -0.4 is 0 Å². The van der Waals surface area contributed by atoms with Crippen LogP contribution in [0.4, 0.5) is 0 Å². The molecule has 0 aromatic carbocycles. The molecule has 6 heteroatoms. The molecule has 0 aliphatic carbocycles. The Labute approximate surface area is 97.9 Å². The molecule has 3 rings (SSSR count). The number of nitrogens with zero attached hydrogens (tertiary/aromatic N) is 5. The summed E-state index contributed by atoms with van der Waals surface area (Å²) in [6.07, 6.45) is 4.91. The van der Waals surface area contributed by atoms with Gasteiger partial charge >= 0.3 is 0 Å². The second-order valence-corrected chi connectivity index (χ2v) is 3.93. The number of pyridine rings is 1. The van der Waals surface area contributed by atoms with Gasteiger partial charge in [-0.05, 0) is 12.1 Å². The minimum absolute atomic E-state index is 0.0333. The molecular formula is C11H11N5O. The number of rotatable bonds is 2. The number of likely N-dealkylation sites (tertiary alicyclic amines) is 1. The summed E-state index contributed by atoms with van der Waals surface area (Å²) in [5, 5.41) is 8.11. The van der Waals surface area contributed by atoms with Gasteiger partial charge in [0.2, 0.25) is 0 Å². The summed E-state index contributed by atoms with van der Waals surface area (Å²) in [5.41, 5.74) is 0.486. The van der Waals surface area contributed by atoms with Crippen molar-refractivity contribution in [2.45, 2.75) is 6.04 Å². The molecule has 2 aromatic heterocycles. The van der Waals surface area contributed by atoms with Crippen LogP contribution in [0.15, 0.2) is 36.8 Å². The van der Waals surface area contributed by atoms with E-state index in [2.05, 4.69) is 15.2 Å². The predicted octanol–water partition coefficient (Wildman–Crippen LogP) is 0.370. The highest BCUT2D eigenvalue weighted by atomic mass is 16.2. The molecule has 0 radical (unpaired) electrons. The fraction of sp³-hybridized carbons (Fsp3) is 0.273. The first-order chi connectivity index (χ1) is 8.34. The Morgan fingerprint density at radius 2 is 1.94 bits per heavy atom. The lowest BCUT2D eigenvalue weighted by Gasteiger charge is -2.37. The van der Waals surface area contributed by atoms with Crippen LogP contribution in [-0.4, -0.2) is 43.9 Å². The summed E-state index contributed by atoms with van der Waals surface area (Å²) in [6, 6.07) is 5.52. The van der Waals surface area contributed by atoms with Gasteiger partial charge in [-0.3, -0.25) is 9.78 Å². The Kier molecular flexibility index (Phi) is 2.32. The van der Waals surface area contributed by atoms with Gasteiger partial charge in [-0.25, -0.2) is 0 Å². The Hall–Kier alpha value is -2.24. The highest BCUT2D eigenvalue weighted by Crippen LogP contribution is 2.20. The van der Waals surface area contributed by atoms with Crippen LogP contribution >= 0.6 is 0 Å². The van der Waals surface area contributed by atoms with Crippen molar-refractivity contribution in [2.24, 2.45) is 0 Å². The quantitative estimate of drug-likeness (QED) is 0.746. The van der Waals surface area contributed by atoms with Gasteiger partial charge in [-0.2, -0.15) is 15.0 Å². The lowest BCUT2D eigenvalue weighted by atomic mass is 10.1. The van der Waals surface area contributed by atoms with Crippen LogP contribution in [0.3, 0.4) is 0 Å². The lowest BCUT2D eigenvalue weighted by Crippen LogP contribution is -2.51. The zero-order valence-corrected chi connectivity index (χ0v) is 9.10. The summed E-state index contributed by atoms with van der Waals surface area (Å²) in [6.45, 7) is 1.29. The van der Waals surface area contributed by atoms with E-state index >= 15 is 0 Å². The number of aromatic nitrogens is 4. The third kappa shape index (κ3) is 1.77. The van der Waals surface area contributed by atoms with Crippen molar-refractivity contribution in [3.8, 4) is 0 Å². The summed E-state index contributed by atoms with van der Waals surface area (Å²) < 4.78 is 0. The highest BCUT2D eigenvalue weighted by molar-refractivity contribution is 5.92. The SMILES string of the molecule is O=C(c1ccccn1)N1CC(n2nccn2)C1. The number of carbonyl (C=O) groups excluding carboxylic acids is 1. The van der Waals surface area contributed by atoms with E-state index in [9.17, 15) is 4.79 Å². The van der Waals surface area contributed by atoms with E-state index in [4.69, 9.17) is 0 Å². The molecule has 0 saturated carbocycles. The molecule has 0 N–H and O–H groups in total. The first-order valence-electron chi connectivity index (χ1n) is 5.41. The number of hydrogen-bond acceptors (Lipinski definition) is 4. The van der Waals surface area contributed by atoms with Crippen LogP contribution in [0.25, 0.3) is 0 Å². The van der Waals surface area contributed by atoms with Crippen LogP contribution in [0.2, 0.25) is 0 Å². The van der Waals surface area contributed by atoms with Gasteiger partial charge in [0.1, 0.15) is 11.7 Å². The summed E-state index contributed by atoms with van der Waals surface area (Å²) in [5.74, 6) is -0.0333. The van der Waals surface area contributed by atoms with Gasteiger partial charge in [0, 0.05) is 19.3 Å². The van der Waals surface area contributed by atoms with Crippen LogP contribution in [0.1, 0.15) is 16.5 Å². The van der Waals surface area contributed by atoms with Gasteiger partial charge in [0.15, 0.2) is 0 Å². The van der Waals surface area contributed by atoms with Gasteiger partial charge in [-0.15, -0.1) is 0 Å². The molecule has 1 amide bonds. The van der Waals surface area contributed by atoms with E-state index in [0.717, 1.165) is 0 Å². The molecule has 0 unspecified atom stereocenters. The van der Waals surface area contributed by atoms with Crippen LogP contribution in [0, 0.1) is 0 Å². The molecule has 1 fully saturated rings. The third-order valence-electron chi connectivity index (χ3n) is 2.80. The zero-order valence-electron chi connectivity index (χ0n) is 9.10. The fourth-order valence-corrected chi connectivity index (χ4v) is 1.83. The smallest absolute Gasteiger partial charge is 0.272 e. The molecule has 3 heterocycles. The number of hydrogen-bond donors (Lipinski definition) is 0. The molecule has 6 nitrogen and oxygen atoms in total. The van der Waals surface area contributed by atoms with Crippen molar-refractivity contribution < 1.29 is 4.79 Å². The topological polar surface area (TPSA) is 63.9 Å². The monoisotopic (exact) mass is 229 g/mol. The van der Waals surface area contributed by atoms with Crippen molar-refractivity contribution in [3.05, 3.63) is 42.5 Å². The molecule has 2 aromatic rings. The van der Waals surface area contributed by atoms with Gasteiger partial charge in [-0.1, -0.05) is 6.07 Å². The second kappa shape index (κ2) is 3.97. The van der Waals surface area contributed by atoms with E-state index in [1.807, 2.05) is 6.07 Å². The summed E-state index contributed by atoms with van der Waals surface area (Å²) >= 11 is 0. The van der Waals surface area contributed by atoms with Crippen LogP contribution in [0.5, 0.6) is 0 Å². The van der Waals surface area contributed by atoms with E-state index in [1.54, 1.807) is 40.4 Å². The summed E-state index contributed by atoms with van der Waals surface area (Å²) in [7, 11) is 0. The van der Waals surface area contributed by atoms with Crippen molar-refractivity contribution in [1.29, 1.82) is 0 Å².